The van der Waals surface area contributed by atoms with Crippen LogP contribution in [-0.2, 0) is 10.0 Å². The van der Waals surface area contributed by atoms with Gasteiger partial charge in [0.2, 0.25) is 10.0 Å². The van der Waals surface area contributed by atoms with Crippen molar-refractivity contribution in [1.82, 2.24) is 9.21 Å². The second-order valence-electron chi connectivity index (χ2n) is 6.90. The van der Waals surface area contributed by atoms with Gasteiger partial charge in [-0.1, -0.05) is 38.1 Å². The van der Waals surface area contributed by atoms with E-state index in [1.807, 2.05) is 12.1 Å². The van der Waals surface area contributed by atoms with Gasteiger partial charge in [-0.3, -0.25) is 4.79 Å². The van der Waals surface area contributed by atoms with Crippen LogP contribution in [0.3, 0.4) is 0 Å². The highest BCUT2D eigenvalue weighted by Gasteiger charge is 2.31. The van der Waals surface area contributed by atoms with Gasteiger partial charge in [-0.05, 0) is 35.7 Å². The number of rotatable bonds is 4. The molecule has 0 aliphatic carbocycles. The van der Waals surface area contributed by atoms with Gasteiger partial charge in [-0.2, -0.15) is 4.31 Å². The van der Waals surface area contributed by atoms with Crippen molar-refractivity contribution in [1.29, 1.82) is 0 Å². The van der Waals surface area contributed by atoms with Gasteiger partial charge in [0.15, 0.2) is 0 Å². The van der Waals surface area contributed by atoms with E-state index in [4.69, 9.17) is 0 Å². The first-order valence-corrected chi connectivity index (χ1v) is 10.4. The zero-order valence-electron chi connectivity index (χ0n) is 15.4. The van der Waals surface area contributed by atoms with Gasteiger partial charge in [0.25, 0.3) is 5.91 Å². The molecule has 0 aromatic heterocycles. The van der Waals surface area contributed by atoms with Crippen LogP contribution in [0, 0.1) is 5.82 Å². The van der Waals surface area contributed by atoms with Crippen molar-refractivity contribution < 1.29 is 17.6 Å². The van der Waals surface area contributed by atoms with Crippen molar-refractivity contribution in [3.63, 3.8) is 0 Å². The van der Waals surface area contributed by atoms with Gasteiger partial charge in [0.1, 0.15) is 5.82 Å². The molecule has 1 aliphatic heterocycles. The van der Waals surface area contributed by atoms with Gasteiger partial charge in [-0.15, -0.1) is 0 Å². The van der Waals surface area contributed by atoms with Crippen molar-refractivity contribution >= 4 is 15.9 Å². The number of carbonyl (C=O) groups excluding carboxylic acids is 1. The van der Waals surface area contributed by atoms with Crippen LogP contribution in [0.5, 0.6) is 0 Å². The highest BCUT2D eigenvalue weighted by atomic mass is 32.2. The molecule has 0 unspecified atom stereocenters. The molecule has 0 bridgehead atoms. The van der Waals surface area contributed by atoms with E-state index in [1.165, 1.54) is 27.4 Å². The Hall–Kier alpha value is -2.25. The number of halogens is 1. The molecule has 144 valence electrons. The summed E-state index contributed by atoms with van der Waals surface area (Å²) in [6, 6.07) is 12.7. The SMILES string of the molecule is CC(C)c1ccc(S(=O)(=O)N2CCN(C(=O)c3ccccc3F)CC2)cc1. The summed E-state index contributed by atoms with van der Waals surface area (Å²) in [5.74, 6) is -0.649. The summed E-state index contributed by atoms with van der Waals surface area (Å²) in [7, 11) is -3.61. The Labute approximate surface area is 159 Å². The van der Waals surface area contributed by atoms with Crippen LogP contribution < -0.4 is 0 Å². The third-order valence-electron chi connectivity index (χ3n) is 4.81. The largest absolute Gasteiger partial charge is 0.336 e. The maximum absolute atomic E-state index is 13.8. The molecule has 1 amide bonds. The third-order valence-corrected chi connectivity index (χ3v) is 6.73. The average Bonchev–Trinajstić information content (AvgIpc) is 2.68. The molecule has 7 heteroatoms. The number of carbonyl (C=O) groups is 1. The molecule has 1 saturated heterocycles. The number of sulfonamides is 1. The normalized spacial score (nSPS) is 15.9. The van der Waals surface area contributed by atoms with Crippen LogP contribution in [0.4, 0.5) is 4.39 Å². The molecule has 0 N–H and O–H groups in total. The van der Waals surface area contributed by atoms with Gasteiger partial charge in [-0.25, -0.2) is 12.8 Å². The first-order valence-electron chi connectivity index (χ1n) is 8.94. The molecule has 3 rings (SSSR count). The predicted molar refractivity (Wildman–Crippen MR) is 102 cm³/mol. The number of nitrogens with zero attached hydrogens (tertiary/aromatic N) is 2. The second-order valence-corrected chi connectivity index (χ2v) is 8.84. The zero-order chi connectivity index (χ0) is 19.6. The first-order chi connectivity index (χ1) is 12.8. The Kier molecular flexibility index (Phi) is 5.62. The Morgan fingerprint density at radius 3 is 2.11 bits per heavy atom. The molecule has 1 aliphatic rings. The van der Waals surface area contributed by atoms with Crippen molar-refractivity contribution in [2.24, 2.45) is 0 Å². The average molecular weight is 390 g/mol. The van der Waals surface area contributed by atoms with Crippen LogP contribution >= 0.6 is 0 Å². The summed E-state index contributed by atoms with van der Waals surface area (Å²) >= 11 is 0. The number of hydrogen-bond donors (Lipinski definition) is 0. The minimum atomic E-state index is -3.61. The van der Waals surface area contributed by atoms with Crippen LogP contribution in [0.25, 0.3) is 0 Å². The van der Waals surface area contributed by atoms with Crippen LogP contribution in [-0.4, -0.2) is 49.7 Å². The minimum absolute atomic E-state index is 0.0121. The summed E-state index contributed by atoms with van der Waals surface area (Å²) in [4.78, 5) is 14.2. The first kappa shape index (κ1) is 19.5. The Bertz CT molecular complexity index is 918. The van der Waals surface area contributed by atoms with Gasteiger partial charge in [0, 0.05) is 26.2 Å². The lowest BCUT2D eigenvalue weighted by molar-refractivity contribution is 0.0693. The van der Waals surface area contributed by atoms with Crippen molar-refractivity contribution in [2.45, 2.75) is 24.7 Å². The lowest BCUT2D eigenvalue weighted by atomic mass is 10.0. The van der Waals surface area contributed by atoms with Crippen molar-refractivity contribution in [3.8, 4) is 0 Å². The van der Waals surface area contributed by atoms with Gasteiger partial charge < -0.3 is 4.90 Å². The monoisotopic (exact) mass is 390 g/mol. The van der Waals surface area contributed by atoms with Crippen LogP contribution in [0.1, 0.15) is 35.7 Å². The van der Waals surface area contributed by atoms with E-state index in [0.29, 0.717) is 5.92 Å². The summed E-state index contributed by atoms with van der Waals surface area (Å²) in [6.07, 6.45) is 0. The molecular formula is C20H23FN2O3S. The molecule has 1 fully saturated rings. The molecule has 27 heavy (non-hydrogen) atoms. The van der Waals surface area contributed by atoms with Crippen LogP contribution in [0.2, 0.25) is 0 Å². The maximum Gasteiger partial charge on any atom is 0.256 e. The topological polar surface area (TPSA) is 57.7 Å². The summed E-state index contributed by atoms with van der Waals surface area (Å²) in [5.41, 5.74) is 1.09. The smallest absolute Gasteiger partial charge is 0.256 e. The summed E-state index contributed by atoms with van der Waals surface area (Å²) in [6.45, 7) is 4.94. The summed E-state index contributed by atoms with van der Waals surface area (Å²) < 4.78 is 40.9. The number of hydrogen-bond acceptors (Lipinski definition) is 3. The molecule has 1 heterocycles. The number of amides is 1. The molecule has 2 aromatic rings. The molecule has 0 atom stereocenters. The van der Waals surface area contributed by atoms with Gasteiger partial charge in [0.05, 0.1) is 10.5 Å². The Morgan fingerprint density at radius 1 is 0.963 bits per heavy atom. The fraction of sp³-hybridized carbons (Fsp3) is 0.350. The highest BCUT2D eigenvalue weighted by Crippen LogP contribution is 2.22. The van der Waals surface area contributed by atoms with Crippen molar-refractivity contribution in [2.75, 3.05) is 26.2 Å². The second kappa shape index (κ2) is 7.78. The molecule has 2 aromatic carbocycles. The van der Waals surface area contributed by atoms with E-state index >= 15 is 0 Å². The molecular weight excluding hydrogens is 367 g/mol. The molecule has 0 radical (unpaired) electrons. The molecule has 5 nitrogen and oxygen atoms in total. The van der Waals surface area contributed by atoms with Crippen LogP contribution in [0.15, 0.2) is 53.4 Å². The third kappa shape index (κ3) is 4.04. The fourth-order valence-electron chi connectivity index (χ4n) is 3.11. The standard InChI is InChI=1S/C20H23FN2O3S/c1-15(2)16-7-9-17(10-8-16)27(25,26)23-13-11-22(12-14-23)20(24)18-5-3-4-6-19(18)21/h3-10,15H,11-14H2,1-2H3. The number of benzene rings is 2. The van der Waals surface area contributed by atoms with E-state index in [1.54, 1.807) is 18.2 Å². The van der Waals surface area contributed by atoms with E-state index in [-0.39, 0.29) is 36.6 Å². The van der Waals surface area contributed by atoms with Crippen molar-refractivity contribution in [3.05, 3.63) is 65.5 Å². The van der Waals surface area contributed by atoms with E-state index in [0.717, 1.165) is 5.56 Å². The summed E-state index contributed by atoms with van der Waals surface area (Å²) in [5, 5.41) is 0. The Morgan fingerprint density at radius 2 is 1.56 bits per heavy atom. The highest BCUT2D eigenvalue weighted by molar-refractivity contribution is 7.89. The maximum atomic E-state index is 13.8. The quantitative estimate of drug-likeness (QED) is 0.806. The predicted octanol–water partition coefficient (Wildman–Crippen LogP) is 3.10. The fourth-order valence-corrected chi connectivity index (χ4v) is 4.53. The van der Waals surface area contributed by atoms with E-state index < -0.39 is 21.7 Å². The molecule has 0 saturated carbocycles. The lowest BCUT2D eigenvalue weighted by Gasteiger charge is -2.34. The van der Waals surface area contributed by atoms with E-state index in [2.05, 4.69) is 13.8 Å². The Balaban J connectivity index is 1.69. The van der Waals surface area contributed by atoms with Gasteiger partial charge >= 0.3 is 0 Å². The molecule has 0 spiro atoms. The zero-order valence-corrected chi connectivity index (χ0v) is 16.2. The lowest BCUT2D eigenvalue weighted by Crippen LogP contribution is -2.50. The number of piperazine rings is 1. The minimum Gasteiger partial charge on any atom is -0.336 e. The van der Waals surface area contributed by atoms with E-state index in [9.17, 15) is 17.6 Å².